The lowest BCUT2D eigenvalue weighted by atomic mass is 10.0. The van der Waals surface area contributed by atoms with Crippen LogP contribution in [0.3, 0.4) is 0 Å². The first-order valence-corrected chi connectivity index (χ1v) is 7.58. The summed E-state index contributed by atoms with van der Waals surface area (Å²) in [7, 11) is -3.42. The van der Waals surface area contributed by atoms with Gasteiger partial charge in [0, 0.05) is 12.1 Å². The second-order valence-electron chi connectivity index (χ2n) is 4.84. The molecule has 18 heavy (non-hydrogen) atoms. The molecule has 1 unspecified atom stereocenters. The van der Waals surface area contributed by atoms with Crippen molar-refractivity contribution in [2.24, 2.45) is 16.8 Å². The summed E-state index contributed by atoms with van der Waals surface area (Å²) in [4.78, 5) is 0.221. The van der Waals surface area contributed by atoms with Crippen LogP contribution in [0.1, 0.15) is 36.9 Å². The van der Waals surface area contributed by atoms with Gasteiger partial charge in [0.25, 0.3) is 0 Å². The molecule has 0 heterocycles. The first kappa shape index (κ1) is 13.4. The van der Waals surface area contributed by atoms with Crippen molar-refractivity contribution >= 4 is 16.5 Å². The van der Waals surface area contributed by atoms with E-state index in [4.69, 9.17) is 10.9 Å². The fourth-order valence-electron chi connectivity index (χ4n) is 1.81. The summed E-state index contributed by atoms with van der Waals surface area (Å²) < 4.78 is 20.8. The van der Waals surface area contributed by atoms with E-state index in [2.05, 4.69) is 6.08 Å². The number of hydrogen-bond donors (Lipinski definition) is 3. The van der Waals surface area contributed by atoms with Crippen LogP contribution in [0, 0.1) is 5.92 Å². The van der Waals surface area contributed by atoms with Gasteiger partial charge in [-0.05, 0) is 53.2 Å². The molecule has 4 nitrogen and oxygen atoms in total. The van der Waals surface area contributed by atoms with Gasteiger partial charge in [-0.25, -0.2) is 0 Å². The summed E-state index contributed by atoms with van der Waals surface area (Å²) in [6.45, 7) is 1.85. The molecule has 2 atom stereocenters. The molecule has 5 N–H and O–H groups in total. The first-order valence-electron chi connectivity index (χ1n) is 6.00. The summed E-state index contributed by atoms with van der Waals surface area (Å²) in [5.41, 5.74) is 7.73. The Morgan fingerprint density at radius 1 is 1.50 bits per heavy atom. The average Bonchev–Trinajstić information content (AvgIpc) is 3.08. The molecule has 1 aromatic carbocycles. The van der Waals surface area contributed by atoms with E-state index in [0.717, 1.165) is 11.1 Å². The maximum atomic E-state index is 11.4. The zero-order valence-electron chi connectivity index (χ0n) is 10.4. The van der Waals surface area contributed by atoms with Crippen LogP contribution >= 0.6 is 0 Å². The topological polar surface area (TPSA) is 89.3 Å². The molecule has 1 aliphatic rings. The molecule has 0 saturated heterocycles. The lowest BCUT2D eigenvalue weighted by Crippen LogP contribution is -2.21. The van der Waals surface area contributed by atoms with E-state index in [9.17, 15) is 8.76 Å². The second kappa shape index (κ2) is 4.93. The Morgan fingerprint density at radius 3 is 2.67 bits per heavy atom. The molecule has 5 heteroatoms. The van der Waals surface area contributed by atoms with Crippen LogP contribution < -0.4 is 10.9 Å². The lowest BCUT2D eigenvalue weighted by Gasteiger charge is -2.10. The zero-order chi connectivity index (χ0) is 13.3. The Hall–Kier alpha value is -1.01. The molecule has 0 spiro atoms. The summed E-state index contributed by atoms with van der Waals surface area (Å²) in [6, 6.07) is 4.81. The molecule has 2 rings (SSSR count). The van der Waals surface area contributed by atoms with Crippen LogP contribution in [0.2, 0.25) is 0 Å². The van der Waals surface area contributed by atoms with Gasteiger partial charge in [-0.15, -0.1) is 5.14 Å². The van der Waals surface area contributed by atoms with E-state index < -0.39 is 10.4 Å². The number of benzene rings is 1. The third-order valence-corrected chi connectivity index (χ3v) is 3.99. The van der Waals surface area contributed by atoms with Gasteiger partial charge in [-0.2, -0.15) is 4.55 Å². The van der Waals surface area contributed by atoms with Crippen molar-refractivity contribution in [2.45, 2.75) is 30.7 Å². The predicted octanol–water partition coefficient (Wildman–Crippen LogP) is 2.33. The number of allylic oxidation sites excluding steroid dienone is 1. The minimum Gasteiger partial charge on any atom is -0.324 e. The standard InChI is InChI=1S/C13H18N2O2S/c1-9(14)13-8-12(18(15,16)17)7-6-11(13)5-4-10-2-3-10/h4-10H,2-3,14H2,1H3,(H2-,15,16,17)/p+1/b5-4+/t9-/m1/s1. The Labute approximate surface area is 108 Å². The fourth-order valence-corrected chi connectivity index (χ4v) is 2.37. The van der Waals surface area contributed by atoms with Gasteiger partial charge >= 0.3 is 10.4 Å². The quantitative estimate of drug-likeness (QED) is 0.731. The number of hydrogen-bond acceptors (Lipinski definition) is 2. The normalized spacial score (nSPS) is 20.9. The van der Waals surface area contributed by atoms with Crippen LogP contribution in [0.4, 0.5) is 0 Å². The fraction of sp³-hybridized carbons (Fsp3) is 0.385. The maximum Gasteiger partial charge on any atom is 0.320 e. The van der Waals surface area contributed by atoms with Crippen molar-refractivity contribution in [3.05, 3.63) is 35.4 Å². The molecule has 0 aliphatic heterocycles. The van der Waals surface area contributed by atoms with Crippen molar-refractivity contribution in [3.8, 4) is 0 Å². The van der Waals surface area contributed by atoms with Crippen molar-refractivity contribution in [1.29, 1.82) is 0 Å². The van der Waals surface area contributed by atoms with Crippen LogP contribution in [-0.2, 0) is 14.6 Å². The summed E-state index contributed by atoms with van der Waals surface area (Å²) in [6.07, 6.45) is 6.69. The molecular formula is C13H19N2O2S+. The molecule has 1 aromatic rings. The van der Waals surface area contributed by atoms with Gasteiger partial charge in [0.2, 0.25) is 4.90 Å². The summed E-state index contributed by atoms with van der Waals surface area (Å²) in [5.74, 6) is 0.683. The van der Waals surface area contributed by atoms with Crippen molar-refractivity contribution in [2.75, 3.05) is 0 Å². The minimum absolute atomic E-state index is 0.203. The molecule has 1 saturated carbocycles. The monoisotopic (exact) mass is 267 g/mol. The molecule has 98 valence electrons. The molecule has 0 amide bonds. The zero-order valence-corrected chi connectivity index (χ0v) is 11.2. The SMILES string of the molecule is C[C@@H](N)c1cc([S+](N)(=O)O)ccc1/C=C/C1CC1. The van der Waals surface area contributed by atoms with Crippen molar-refractivity contribution in [1.82, 2.24) is 0 Å². The van der Waals surface area contributed by atoms with E-state index in [1.54, 1.807) is 18.2 Å². The van der Waals surface area contributed by atoms with Gasteiger partial charge in [-0.3, -0.25) is 0 Å². The summed E-state index contributed by atoms with van der Waals surface area (Å²) >= 11 is 0. The molecule has 0 bridgehead atoms. The van der Waals surface area contributed by atoms with Crippen molar-refractivity contribution in [3.63, 3.8) is 0 Å². The molecule has 1 fully saturated rings. The number of nitrogens with two attached hydrogens (primary N) is 2. The maximum absolute atomic E-state index is 11.4. The van der Waals surface area contributed by atoms with Gasteiger partial charge in [-0.1, -0.05) is 12.2 Å². The third-order valence-electron chi connectivity index (χ3n) is 3.06. The van der Waals surface area contributed by atoms with E-state index in [1.807, 2.05) is 13.0 Å². The largest absolute Gasteiger partial charge is 0.324 e. The number of rotatable bonds is 4. The van der Waals surface area contributed by atoms with Gasteiger partial charge < -0.3 is 5.73 Å². The highest BCUT2D eigenvalue weighted by molar-refractivity contribution is 7.95. The minimum atomic E-state index is -3.42. The lowest BCUT2D eigenvalue weighted by molar-refractivity contribution is 0.498. The van der Waals surface area contributed by atoms with Crippen LogP contribution in [-0.4, -0.2) is 4.55 Å². The Bertz CT molecular complexity index is 516. The molecule has 0 radical (unpaired) electrons. The Morgan fingerprint density at radius 2 is 2.17 bits per heavy atom. The highest BCUT2D eigenvalue weighted by Gasteiger charge is 2.24. The van der Waals surface area contributed by atoms with E-state index in [-0.39, 0.29) is 10.9 Å². The van der Waals surface area contributed by atoms with Gasteiger partial charge in [0.05, 0.1) is 0 Å². The molecular weight excluding hydrogens is 248 g/mol. The Balaban J connectivity index is 2.37. The van der Waals surface area contributed by atoms with E-state index >= 15 is 0 Å². The van der Waals surface area contributed by atoms with Gasteiger partial charge in [0.15, 0.2) is 0 Å². The highest BCUT2D eigenvalue weighted by atomic mass is 32.3. The van der Waals surface area contributed by atoms with E-state index in [1.165, 1.54) is 12.8 Å². The second-order valence-corrected chi connectivity index (χ2v) is 6.45. The Kier molecular flexibility index (Phi) is 3.68. The summed E-state index contributed by atoms with van der Waals surface area (Å²) in [5, 5.41) is 5.23. The van der Waals surface area contributed by atoms with E-state index in [0.29, 0.717) is 5.92 Å². The van der Waals surface area contributed by atoms with Crippen LogP contribution in [0.15, 0.2) is 29.2 Å². The third kappa shape index (κ3) is 3.26. The van der Waals surface area contributed by atoms with Crippen LogP contribution in [0.25, 0.3) is 6.08 Å². The average molecular weight is 267 g/mol. The van der Waals surface area contributed by atoms with Gasteiger partial charge in [0.1, 0.15) is 0 Å². The first-order chi connectivity index (χ1) is 8.38. The highest BCUT2D eigenvalue weighted by Crippen LogP contribution is 2.32. The molecule has 0 aromatic heterocycles. The predicted molar refractivity (Wildman–Crippen MR) is 73.9 cm³/mol. The van der Waals surface area contributed by atoms with Crippen molar-refractivity contribution < 1.29 is 8.76 Å². The van der Waals surface area contributed by atoms with Crippen LogP contribution in [0.5, 0.6) is 0 Å². The smallest absolute Gasteiger partial charge is 0.320 e. The molecule has 1 aliphatic carbocycles.